The maximum absolute atomic E-state index is 14.1. The lowest BCUT2D eigenvalue weighted by Crippen LogP contribution is -3.00. The van der Waals surface area contributed by atoms with Crippen molar-refractivity contribution in [1.82, 2.24) is 29.5 Å². The van der Waals surface area contributed by atoms with Gasteiger partial charge in [0.15, 0.2) is 23.0 Å². The van der Waals surface area contributed by atoms with E-state index in [1.807, 2.05) is 12.1 Å². The van der Waals surface area contributed by atoms with E-state index in [1.54, 1.807) is 26.4 Å². The number of rotatable bonds is 9. The molecule has 12 nitrogen and oxygen atoms in total. The molecule has 0 saturated carbocycles. The van der Waals surface area contributed by atoms with Crippen molar-refractivity contribution in [1.29, 1.82) is 0 Å². The lowest BCUT2D eigenvalue weighted by atomic mass is 9.80. The summed E-state index contributed by atoms with van der Waals surface area (Å²) in [6.07, 6.45) is 7.20. The van der Waals surface area contributed by atoms with Crippen molar-refractivity contribution in [3.8, 4) is 23.0 Å². The first-order valence-corrected chi connectivity index (χ1v) is 17.7. The number of benzene rings is 4. The van der Waals surface area contributed by atoms with Gasteiger partial charge in [0.2, 0.25) is 6.79 Å². The van der Waals surface area contributed by atoms with Crippen molar-refractivity contribution in [3.63, 3.8) is 0 Å². The Kier molecular flexibility index (Phi) is 11.1. The Morgan fingerprint density at radius 3 is 2.21 bits per heavy atom. The fraction of sp³-hybridized carbons (Fsp3) is 0.300. The Balaban J connectivity index is 0.000000183. The molecule has 0 spiro atoms. The predicted octanol–water partition coefficient (Wildman–Crippen LogP) is 2.68. The molecule has 0 bridgehead atoms. The van der Waals surface area contributed by atoms with Crippen LogP contribution in [0.1, 0.15) is 39.4 Å². The number of hydrogen-bond acceptors (Lipinski definition) is 9. The highest BCUT2D eigenvalue weighted by atomic mass is 79.9. The summed E-state index contributed by atoms with van der Waals surface area (Å²) in [6.45, 7) is 2.62. The van der Waals surface area contributed by atoms with Gasteiger partial charge in [-0.05, 0) is 47.5 Å². The zero-order chi connectivity index (χ0) is 38.2. The molecule has 3 aliphatic rings. The second kappa shape index (κ2) is 16.0. The second-order valence-corrected chi connectivity index (χ2v) is 14.0. The predicted molar refractivity (Wildman–Crippen MR) is 191 cm³/mol. The van der Waals surface area contributed by atoms with Gasteiger partial charge in [-0.25, -0.2) is 32.5 Å². The van der Waals surface area contributed by atoms with Crippen molar-refractivity contribution < 1.29 is 58.7 Å². The molecule has 4 aromatic carbocycles. The monoisotopic (exact) mass is 833 g/mol. The van der Waals surface area contributed by atoms with Gasteiger partial charge < -0.3 is 45.5 Å². The summed E-state index contributed by atoms with van der Waals surface area (Å²) in [6, 6.07) is 18.7. The highest BCUT2D eigenvalue weighted by Crippen LogP contribution is 2.51. The molecular weight excluding hydrogens is 795 g/mol. The van der Waals surface area contributed by atoms with E-state index in [2.05, 4.69) is 38.4 Å². The highest BCUT2D eigenvalue weighted by molar-refractivity contribution is 5.54. The van der Waals surface area contributed by atoms with Gasteiger partial charge >= 0.3 is 0 Å². The van der Waals surface area contributed by atoms with Crippen LogP contribution >= 0.6 is 0 Å². The van der Waals surface area contributed by atoms with E-state index in [0.29, 0.717) is 0 Å². The van der Waals surface area contributed by atoms with E-state index < -0.39 is 17.2 Å². The fourth-order valence-corrected chi connectivity index (χ4v) is 8.23. The van der Waals surface area contributed by atoms with Crippen molar-refractivity contribution in [2.75, 3.05) is 27.6 Å². The molecule has 292 valence electrons. The smallest absolute Gasteiger partial charge is 0.231 e. The van der Waals surface area contributed by atoms with Crippen LogP contribution in [0.2, 0.25) is 0 Å². The van der Waals surface area contributed by atoms with Gasteiger partial charge in [0.05, 0.1) is 39.4 Å². The van der Waals surface area contributed by atoms with E-state index in [1.165, 1.54) is 69.1 Å². The van der Waals surface area contributed by atoms with E-state index in [9.17, 15) is 18.3 Å². The molecule has 0 fully saturated rings. The second-order valence-electron chi connectivity index (χ2n) is 14.0. The molecule has 0 amide bonds. The SMILES string of the molecule is COc1ccc2c(c1OC)C[N+]1(Cc3cccc(F)c3)CCc3cc4c(cc3C1C2)OCO4.OC(Cn1cncn1)(Cn1cncn1)c1ccc(F)cc1F.[Br-]. The molecule has 1 N–H and O–H groups in total. The topological polar surface area (TPSA) is 119 Å². The van der Waals surface area contributed by atoms with Crippen molar-refractivity contribution in [2.45, 2.75) is 50.7 Å². The minimum atomic E-state index is -1.70. The van der Waals surface area contributed by atoms with Gasteiger partial charge in [-0.2, -0.15) is 10.2 Å². The van der Waals surface area contributed by atoms with E-state index in [0.717, 1.165) is 77.7 Å². The van der Waals surface area contributed by atoms with Crippen molar-refractivity contribution >= 4 is 0 Å². The molecule has 9 rings (SSSR count). The molecule has 5 heterocycles. The quantitative estimate of drug-likeness (QED) is 0.220. The maximum Gasteiger partial charge on any atom is 0.231 e. The van der Waals surface area contributed by atoms with Crippen LogP contribution in [0, 0.1) is 17.5 Å². The largest absolute Gasteiger partial charge is 1.00 e. The molecule has 2 aromatic heterocycles. The molecular formula is C40H39BrF3N7O5. The third kappa shape index (κ3) is 7.55. The summed E-state index contributed by atoms with van der Waals surface area (Å²) in [5.74, 6) is 1.45. The molecule has 0 radical (unpaired) electrons. The zero-order valence-electron chi connectivity index (χ0n) is 30.6. The number of fused-ring (bicyclic) bond motifs is 5. The van der Waals surface area contributed by atoms with Gasteiger partial charge in [0.1, 0.15) is 67.5 Å². The molecule has 2 atom stereocenters. The van der Waals surface area contributed by atoms with Crippen LogP contribution < -0.4 is 35.9 Å². The Bertz CT molecular complexity index is 2280. The lowest BCUT2D eigenvalue weighted by molar-refractivity contribution is -0.985. The minimum Gasteiger partial charge on any atom is -1.00 e. The van der Waals surface area contributed by atoms with Crippen molar-refractivity contribution in [3.05, 3.63) is 143 Å². The number of aromatic nitrogens is 6. The summed E-state index contributed by atoms with van der Waals surface area (Å²) < 4.78 is 67.7. The van der Waals surface area contributed by atoms with Crippen LogP contribution in [-0.2, 0) is 44.6 Å². The number of aliphatic hydroxyl groups is 1. The molecule has 6 aromatic rings. The van der Waals surface area contributed by atoms with Gasteiger partial charge in [-0.15, -0.1) is 0 Å². The van der Waals surface area contributed by atoms with E-state index >= 15 is 0 Å². The standard InChI is InChI=1S/C27H27FNO4.C13H12F2N6O.BrH/c1-30-24-7-6-18-11-23-21-13-26-25(32-16-33-26)12-19(21)8-9-29(23,15-22(18)27(24)31-2)14-17-4-3-5-20(28)10-17;14-10-1-2-11(12(15)3-10)13(22,4-20-8-16-6-18-20)5-21-9-17-7-19-21;/h3-7,10,12-13,23H,8-9,11,14-16H2,1-2H3;1-3,6-9,22H,4-5H2;1H/q+1;;/p-1. The van der Waals surface area contributed by atoms with Crippen molar-refractivity contribution in [2.24, 2.45) is 0 Å². The first-order chi connectivity index (χ1) is 26.7. The van der Waals surface area contributed by atoms with Gasteiger partial charge in [0, 0.05) is 35.6 Å². The Hall–Kier alpha value is -5.45. The summed E-state index contributed by atoms with van der Waals surface area (Å²) in [5, 5.41) is 18.8. The van der Waals surface area contributed by atoms with Gasteiger partial charge in [0.25, 0.3) is 0 Å². The highest BCUT2D eigenvalue weighted by Gasteiger charge is 2.48. The summed E-state index contributed by atoms with van der Waals surface area (Å²) in [7, 11) is 3.38. The molecule has 0 saturated heterocycles. The van der Waals surface area contributed by atoms with E-state index in [4.69, 9.17) is 18.9 Å². The van der Waals surface area contributed by atoms with E-state index in [-0.39, 0.29) is 54.3 Å². The molecule has 0 aliphatic carbocycles. The Morgan fingerprint density at radius 1 is 0.857 bits per heavy atom. The van der Waals surface area contributed by atoms with Crippen LogP contribution in [0.5, 0.6) is 23.0 Å². The normalized spacial score (nSPS) is 17.7. The molecule has 16 heteroatoms. The fourth-order valence-electron chi connectivity index (χ4n) is 8.23. The van der Waals surface area contributed by atoms with Crippen LogP contribution in [0.3, 0.4) is 0 Å². The van der Waals surface area contributed by atoms with Crippen LogP contribution in [0.4, 0.5) is 13.2 Å². The minimum absolute atomic E-state index is 0. The molecule has 3 aliphatic heterocycles. The third-order valence-electron chi connectivity index (χ3n) is 10.7. The summed E-state index contributed by atoms with van der Waals surface area (Å²) >= 11 is 0. The number of halogens is 4. The summed E-state index contributed by atoms with van der Waals surface area (Å²) in [4.78, 5) is 7.57. The number of quaternary nitrogens is 1. The number of ether oxygens (including phenoxy) is 4. The number of methoxy groups -OCH3 is 2. The first kappa shape index (κ1) is 38.8. The molecule has 2 unspecified atom stereocenters. The van der Waals surface area contributed by atoms with Crippen LogP contribution in [-0.4, -0.2) is 66.7 Å². The van der Waals surface area contributed by atoms with Crippen LogP contribution in [0.15, 0.2) is 92.0 Å². The zero-order valence-corrected chi connectivity index (χ0v) is 32.2. The van der Waals surface area contributed by atoms with Crippen LogP contribution in [0.25, 0.3) is 0 Å². The summed E-state index contributed by atoms with van der Waals surface area (Å²) in [5.41, 5.74) is 4.35. The average molecular weight is 835 g/mol. The lowest BCUT2D eigenvalue weighted by Gasteiger charge is -2.51. The van der Waals surface area contributed by atoms with Gasteiger partial charge in [-0.3, -0.25) is 0 Å². The Labute approximate surface area is 331 Å². The molecule has 56 heavy (non-hydrogen) atoms. The Morgan fingerprint density at radius 2 is 1.57 bits per heavy atom. The third-order valence-corrected chi connectivity index (χ3v) is 10.7. The number of nitrogens with zero attached hydrogens (tertiary/aromatic N) is 7. The number of hydrogen-bond donors (Lipinski definition) is 1. The van der Waals surface area contributed by atoms with Gasteiger partial charge in [-0.1, -0.05) is 24.3 Å². The average Bonchev–Trinajstić information content (AvgIpc) is 3.97. The maximum atomic E-state index is 14.1. The first-order valence-electron chi connectivity index (χ1n) is 17.7.